The van der Waals surface area contributed by atoms with Gasteiger partial charge in [0, 0.05) is 42.5 Å². The Labute approximate surface area is 209 Å². The van der Waals surface area contributed by atoms with Crippen molar-refractivity contribution in [2.45, 2.75) is 49.1 Å². The maximum absolute atomic E-state index is 13.9. The Morgan fingerprint density at radius 1 is 1.25 bits per heavy atom. The predicted molar refractivity (Wildman–Crippen MR) is 129 cm³/mol. The largest absolute Gasteiger partial charge is 0.498 e. The van der Waals surface area contributed by atoms with E-state index in [1.54, 1.807) is 6.08 Å². The molecule has 0 unspecified atom stereocenters. The van der Waals surface area contributed by atoms with Crippen LogP contribution in [-0.4, -0.2) is 60.1 Å². The summed E-state index contributed by atoms with van der Waals surface area (Å²) in [5.41, 5.74) is -1.82. The summed E-state index contributed by atoms with van der Waals surface area (Å²) in [7, 11) is -3.01. The van der Waals surface area contributed by atoms with Gasteiger partial charge in [0.05, 0.1) is 12.0 Å². The quantitative estimate of drug-likeness (QED) is 0.345. The Bertz CT molecular complexity index is 1270. The van der Waals surface area contributed by atoms with E-state index < -0.39 is 49.0 Å². The number of nitrogens with zero attached hydrogens (tertiary/aromatic N) is 2. The second kappa shape index (κ2) is 10.1. The van der Waals surface area contributed by atoms with Gasteiger partial charge in [-0.15, -0.1) is 0 Å². The number of aliphatic hydroxyl groups excluding tert-OH is 1. The van der Waals surface area contributed by atoms with Gasteiger partial charge < -0.3 is 9.84 Å². The summed E-state index contributed by atoms with van der Waals surface area (Å²) >= 11 is 0. The number of fused-ring (bicyclic) bond motifs is 1. The lowest BCUT2D eigenvalue weighted by atomic mass is 9.59. The first kappa shape index (κ1) is 25.9. The van der Waals surface area contributed by atoms with E-state index in [0.717, 1.165) is 12.5 Å². The number of nitro benzene ring substituents is 1. The summed E-state index contributed by atoms with van der Waals surface area (Å²) in [4.78, 5) is 35.7. The zero-order valence-corrected chi connectivity index (χ0v) is 20.6. The molecule has 0 spiro atoms. The molecule has 0 fully saturated rings. The second-order valence-electron chi connectivity index (χ2n) is 9.26. The van der Waals surface area contributed by atoms with Gasteiger partial charge in [0.25, 0.3) is 5.69 Å². The molecule has 0 bridgehead atoms. The minimum Gasteiger partial charge on any atom is -0.498 e. The van der Waals surface area contributed by atoms with Gasteiger partial charge in [-0.3, -0.25) is 19.7 Å². The van der Waals surface area contributed by atoms with Gasteiger partial charge in [0.15, 0.2) is 16.5 Å². The summed E-state index contributed by atoms with van der Waals surface area (Å²) < 4.78 is 34.2. The number of rotatable bonds is 6. The van der Waals surface area contributed by atoms with Gasteiger partial charge in [-0.05, 0) is 37.8 Å². The first-order valence-electron chi connectivity index (χ1n) is 11.7. The highest BCUT2D eigenvalue weighted by molar-refractivity contribution is 7.89. The minimum absolute atomic E-state index is 0.0224. The van der Waals surface area contributed by atoms with Gasteiger partial charge in [-0.1, -0.05) is 30.4 Å². The van der Waals surface area contributed by atoms with Crippen LogP contribution < -0.4 is 0 Å². The third-order valence-electron chi connectivity index (χ3n) is 7.21. The molecule has 10 nitrogen and oxygen atoms in total. The Morgan fingerprint density at radius 3 is 2.72 bits per heavy atom. The number of carbonyl (C=O) groups excluding carboxylic acids is 2. The Morgan fingerprint density at radius 2 is 2.00 bits per heavy atom. The molecule has 192 valence electrons. The number of nitro groups is 1. The Hall–Kier alpha value is -3.15. The molecule has 3 aliphatic rings. The fourth-order valence-electron chi connectivity index (χ4n) is 5.38. The molecule has 1 aromatic carbocycles. The van der Waals surface area contributed by atoms with E-state index in [1.807, 2.05) is 6.08 Å². The highest BCUT2D eigenvalue weighted by atomic mass is 32.2. The van der Waals surface area contributed by atoms with E-state index in [4.69, 9.17) is 4.74 Å². The third kappa shape index (κ3) is 4.54. The van der Waals surface area contributed by atoms with E-state index in [-0.39, 0.29) is 36.7 Å². The van der Waals surface area contributed by atoms with Gasteiger partial charge in [0.2, 0.25) is 10.0 Å². The number of allylic oxidation sites excluding steroid dienone is 3. The SMILES string of the molecule is COC1=CC(=O)[C@@H]2CC(=O)C=C[C@]2(C[C@@H]2/C=C\CCCCN2S(=O)(=O)c2ccccc2[N+](=O)[O-])[C@@H]1O. The van der Waals surface area contributed by atoms with Crippen LogP contribution in [0.2, 0.25) is 0 Å². The van der Waals surface area contributed by atoms with Crippen molar-refractivity contribution in [3.8, 4) is 0 Å². The van der Waals surface area contributed by atoms with E-state index in [9.17, 15) is 33.2 Å². The van der Waals surface area contributed by atoms with Crippen molar-refractivity contribution in [3.05, 3.63) is 70.5 Å². The average Bonchev–Trinajstić information content (AvgIpc) is 2.83. The van der Waals surface area contributed by atoms with Crippen molar-refractivity contribution in [1.29, 1.82) is 0 Å². The van der Waals surface area contributed by atoms with Crippen LogP contribution in [0.4, 0.5) is 5.69 Å². The molecule has 4 rings (SSSR count). The van der Waals surface area contributed by atoms with Crippen molar-refractivity contribution in [2.24, 2.45) is 11.3 Å². The van der Waals surface area contributed by atoms with Gasteiger partial charge in [0.1, 0.15) is 11.9 Å². The van der Waals surface area contributed by atoms with Crippen molar-refractivity contribution in [1.82, 2.24) is 4.31 Å². The smallest absolute Gasteiger partial charge is 0.289 e. The number of hydrogen-bond acceptors (Lipinski definition) is 8. The number of para-hydroxylation sites is 1. The summed E-state index contributed by atoms with van der Waals surface area (Å²) in [5, 5.41) is 22.9. The highest BCUT2D eigenvalue weighted by Gasteiger charge is 2.54. The van der Waals surface area contributed by atoms with Crippen LogP contribution in [0.25, 0.3) is 0 Å². The molecule has 11 heteroatoms. The zero-order valence-electron chi connectivity index (χ0n) is 19.8. The maximum Gasteiger partial charge on any atom is 0.289 e. The standard InChI is InChI=1S/C25H28N2O8S/c1-35-22-15-21(29)19-14-18(28)11-12-25(19,24(22)30)16-17-8-4-2-3-7-13-26(17)36(33,34)23-10-6-5-9-20(23)27(31)32/h4-6,8-12,15,17,19,24,30H,2-3,7,13-14,16H2,1H3/b8-4-/t17-,19-,24+,25+/m0/s1. The number of hydrogen-bond donors (Lipinski definition) is 1. The number of aliphatic hydroxyl groups is 1. The normalized spacial score (nSPS) is 30.1. The maximum atomic E-state index is 13.9. The molecule has 36 heavy (non-hydrogen) atoms. The molecule has 1 aromatic rings. The second-order valence-corrected chi connectivity index (χ2v) is 11.1. The van der Waals surface area contributed by atoms with Crippen LogP contribution in [-0.2, 0) is 24.3 Å². The molecule has 4 atom stereocenters. The minimum atomic E-state index is -4.34. The number of ketones is 2. The van der Waals surface area contributed by atoms with Crippen molar-refractivity contribution in [3.63, 3.8) is 0 Å². The molecular weight excluding hydrogens is 488 g/mol. The van der Waals surface area contributed by atoms with E-state index in [0.29, 0.717) is 12.8 Å². The lowest BCUT2D eigenvalue weighted by Crippen LogP contribution is -2.54. The number of sulfonamides is 1. The van der Waals surface area contributed by atoms with Gasteiger partial charge >= 0.3 is 0 Å². The molecule has 0 aromatic heterocycles. The highest BCUT2D eigenvalue weighted by Crippen LogP contribution is 2.49. The Balaban J connectivity index is 1.83. The summed E-state index contributed by atoms with van der Waals surface area (Å²) in [6.45, 7) is 0.101. The molecule has 1 N–H and O–H groups in total. The van der Waals surface area contributed by atoms with Gasteiger partial charge in [-0.25, -0.2) is 8.42 Å². The lowest BCUT2D eigenvalue weighted by molar-refractivity contribution is -0.387. The van der Waals surface area contributed by atoms with Crippen LogP contribution in [0.1, 0.15) is 32.1 Å². The van der Waals surface area contributed by atoms with Crippen LogP contribution >= 0.6 is 0 Å². The fraction of sp³-hybridized carbons (Fsp3) is 0.440. The molecule has 0 saturated carbocycles. The first-order chi connectivity index (χ1) is 17.1. The number of carbonyl (C=O) groups is 2. The van der Waals surface area contributed by atoms with E-state index in [1.165, 1.54) is 47.8 Å². The van der Waals surface area contributed by atoms with E-state index in [2.05, 4.69) is 0 Å². The molecule has 1 aliphatic heterocycles. The van der Waals surface area contributed by atoms with Crippen LogP contribution in [0.5, 0.6) is 0 Å². The predicted octanol–water partition coefficient (Wildman–Crippen LogP) is 2.69. The first-order valence-corrected chi connectivity index (χ1v) is 13.2. The molecule has 1 heterocycles. The zero-order chi connectivity index (χ0) is 26.1. The van der Waals surface area contributed by atoms with Crippen molar-refractivity contribution in [2.75, 3.05) is 13.7 Å². The number of benzene rings is 1. The summed E-state index contributed by atoms with van der Waals surface area (Å²) in [5.74, 6) is -1.49. The molecule has 2 aliphatic carbocycles. The number of methoxy groups -OCH3 is 1. The fourth-order valence-corrected chi connectivity index (χ4v) is 7.16. The number of ether oxygens (including phenoxy) is 1. The topological polar surface area (TPSA) is 144 Å². The summed E-state index contributed by atoms with van der Waals surface area (Å²) in [6.07, 6.45) is 8.11. The third-order valence-corrected chi connectivity index (χ3v) is 9.19. The lowest BCUT2D eigenvalue weighted by Gasteiger charge is -2.48. The molecular formula is C25H28N2O8S. The molecule has 0 radical (unpaired) electrons. The van der Waals surface area contributed by atoms with Crippen molar-refractivity contribution >= 4 is 27.3 Å². The van der Waals surface area contributed by atoms with Crippen LogP contribution in [0.3, 0.4) is 0 Å². The average molecular weight is 517 g/mol. The van der Waals surface area contributed by atoms with Crippen LogP contribution in [0, 0.1) is 21.4 Å². The van der Waals surface area contributed by atoms with Crippen molar-refractivity contribution < 1.29 is 32.8 Å². The summed E-state index contributed by atoms with van der Waals surface area (Å²) in [6, 6.07) is 4.34. The molecule has 0 saturated heterocycles. The monoisotopic (exact) mass is 516 g/mol. The van der Waals surface area contributed by atoms with Crippen LogP contribution in [0.15, 0.2) is 65.3 Å². The van der Waals surface area contributed by atoms with Gasteiger partial charge in [-0.2, -0.15) is 4.31 Å². The molecule has 0 amide bonds. The van der Waals surface area contributed by atoms with E-state index >= 15 is 0 Å². The Kier molecular flexibility index (Phi) is 7.26.